The van der Waals surface area contributed by atoms with Crippen molar-refractivity contribution in [2.45, 2.75) is 32.2 Å². The number of carboxylic acid groups (broad SMARTS) is 1. The zero-order valence-electron chi connectivity index (χ0n) is 13.2. The lowest BCUT2D eigenvalue weighted by molar-refractivity contribution is 0.0694. The van der Waals surface area contributed by atoms with E-state index in [-0.39, 0.29) is 17.4 Å². The molecule has 1 unspecified atom stereocenters. The van der Waals surface area contributed by atoms with Crippen LogP contribution in [0, 0.1) is 5.92 Å². The molecule has 0 saturated heterocycles. The highest BCUT2D eigenvalue weighted by molar-refractivity contribution is 6.30. The summed E-state index contributed by atoms with van der Waals surface area (Å²) in [6.45, 7) is 1.79. The van der Waals surface area contributed by atoms with Gasteiger partial charge >= 0.3 is 5.97 Å². The Kier molecular flexibility index (Phi) is 4.62. The highest BCUT2D eigenvalue weighted by Gasteiger charge is 2.34. The lowest BCUT2D eigenvalue weighted by atomic mass is 10.0. The van der Waals surface area contributed by atoms with E-state index >= 15 is 0 Å². The molecule has 1 aromatic carbocycles. The summed E-state index contributed by atoms with van der Waals surface area (Å²) in [5.41, 5.74) is 1.02. The smallest absolute Gasteiger partial charge is 0.339 e. The highest BCUT2D eigenvalue weighted by atomic mass is 35.5. The van der Waals surface area contributed by atoms with E-state index in [1.807, 2.05) is 12.1 Å². The number of furan rings is 1. The molecule has 6 heteroatoms. The van der Waals surface area contributed by atoms with Crippen molar-refractivity contribution in [2.24, 2.45) is 5.92 Å². The third kappa shape index (κ3) is 3.46. The number of carboxylic acids is 1. The summed E-state index contributed by atoms with van der Waals surface area (Å²) in [6.07, 6.45) is 2.51. The summed E-state index contributed by atoms with van der Waals surface area (Å²) in [5, 5.41) is 12.8. The Morgan fingerprint density at radius 1 is 1.33 bits per heavy atom. The van der Waals surface area contributed by atoms with E-state index in [9.17, 15) is 14.7 Å². The van der Waals surface area contributed by atoms with Gasteiger partial charge in [0.05, 0.1) is 6.04 Å². The number of benzene rings is 1. The van der Waals surface area contributed by atoms with E-state index in [1.165, 1.54) is 6.07 Å². The minimum absolute atomic E-state index is 0.0314. The summed E-state index contributed by atoms with van der Waals surface area (Å²) in [4.78, 5) is 23.7. The topological polar surface area (TPSA) is 79.5 Å². The summed E-state index contributed by atoms with van der Waals surface area (Å²) in [6, 6.07) is 8.55. The molecule has 1 atom stereocenters. The van der Waals surface area contributed by atoms with Crippen molar-refractivity contribution in [2.75, 3.05) is 0 Å². The lowest BCUT2D eigenvalue weighted by Crippen LogP contribution is -2.29. The predicted octanol–water partition coefficient (Wildman–Crippen LogP) is 4.07. The SMILES string of the molecule is CCc1oc(C(=O)NC(c2ccc(Cl)cc2)C2CC2)cc1C(=O)O. The standard InChI is InChI=1S/C18H18ClNO4/c1-2-14-13(18(22)23)9-15(24-14)17(21)20-16(10-3-4-10)11-5-7-12(19)8-6-11/h5-10,16H,2-4H2,1H3,(H,20,21)(H,22,23). The van der Waals surface area contributed by atoms with Gasteiger partial charge in [-0.3, -0.25) is 4.79 Å². The number of rotatable bonds is 6. The molecule has 0 aliphatic heterocycles. The van der Waals surface area contributed by atoms with Crippen LogP contribution in [-0.2, 0) is 6.42 Å². The Labute approximate surface area is 144 Å². The van der Waals surface area contributed by atoms with Gasteiger partial charge < -0.3 is 14.8 Å². The average Bonchev–Trinajstić information content (AvgIpc) is 3.30. The molecule has 1 aromatic heterocycles. The second kappa shape index (κ2) is 6.69. The summed E-state index contributed by atoms with van der Waals surface area (Å²) in [7, 11) is 0. The van der Waals surface area contributed by atoms with Gasteiger partial charge in [0.15, 0.2) is 5.76 Å². The first-order valence-corrected chi connectivity index (χ1v) is 8.29. The van der Waals surface area contributed by atoms with Gasteiger partial charge in [-0.05, 0) is 36.5 Å². The van der Waals surface area contributed by atoms with Gasteiger partial charge in [0.1, 0.15) is 11.3 Å². The molecule has 126 valence electrons. The van der Waals surface area contributed by atoms with Crippen molar-refractivity contribution in [3.8, 4) is 0 Å². The first-order chi connectivity index (χ1) is 11.5. The maximum absolute atomic E-state index is 12.5. The number of nitrogens with one attached hydrogen (secondary N) is 1. The van der Waals surface area contributed by atoms with Crippen molar-refractivity contribution in [1.82, 2.24) is 5.32 Å². The fraction of sp³-hybridized carbons (Fsp3) is 0.333. The third-order valence-electron chi connectivity index (χ3n) is 4.19. The van der Waals surface area contributed by atoms with E-state index in [2.05, 4.69) is 5.32 Å². The van der Waals surface area contributed by atoms with Gasteiger partial charge in [0.25, 0.3) is 5.91 Å². The molecule has 1 heterocycles. The first kappa shape index (κ1) is 16.6. The predicted molar refractivity (Wildman–Crippen MR) is 89.4 cm³/mol. The monoisotopic (exact) mass is 347 g/mol. The molecule has 5 nitrogen and oxygen atoms in total. The molecule has 2 N–H and O–H groups in total. The van der Waals surface area contributed by atoms with Crippen molar-refractivity contribution in [3.63, 3.8) is 0 Å². The Morgan fingerprint density at radius 3 is 2.50 bits per heavy atom. The van der Waals surface area contributed by atoms with Crippen molar-refractivity contribution >= 4 is 23.5 Å². The van der Waals surface area contributed by atoms with Crippen LogP contribution in [0.3, 0.4) is 0 Å². The van der Waals surface area contributed by atoms with E-state index in [4.69, 9.17) is 16.0 Å². The van der Waals surface area contributed by atoms with Crippen LogP contribution in [0.2, 0.25) is 5.02 Å². The fourth-order valence-corrected chi connectivity index (χ4v) is 2.90. The van der Waals surface area contributed by atoms with Gasteiger partial charge in [-0.25, -0.2) is 4.79 Å². The summed E-state index contributed by atoms with van der Waals surface area (Å²) < 4.78 is 5.43. The van der Waals surface area contributed by atoms with Crippen molar-refractivity contribution in [3.05, 3.63) is 58.0 Å². The van der Waals surface area contributed by atoms with Crippen LogP contribution in [0.4, 0.5) is 0 Å². The normalized spacial score (nSPS) is 15.1. The van der Waals surface area contributed by atoms with Crippen LogP contribution >= 0.6 is 11.6 Å². The Hall–Kier alpha value is -2.27. The van der Waals surface area contributed by atoms with Crippen molar-refractivity contribution in [1.29, 1.82) is 0 Å². The van der Waals surface area contributed by atoms with E-state index in [0.717, 1.165) is 18.4 Å². The number of aromatic carboxylic acids is 1. The van der Waals surface area contributed by atoms with Crippen LogP contribution in [0.1, 0.15) is 58.0 Å². The summed E-state index contributed by atoms with van der Waals surface area (Å²) in [5.74, 6) is -0.768. The largest absolute Gasteiger partial charge is 0.478 e. The molecule has 1 saturated carbocycles. The van der Waals surface area contributed by atoms with E-state index in [1.54, 1.807) is 19.1 Å². The minimum Gasteiger partial charge on any atom is -0.478 e. The number of halogens is 1. The van der Waals surface area contributed by atoms with Gasteiger partial charge in [0, 0.05) is 17.5 Å². The lowest BCUT2D eigenvalue weighted by Gasteiger charge is -2.18. The van der Waals surface area contributed by atoms with Gasteiger partial charge in [-0.2, -0.15) is 0 Å². The van der Waals surface area contributed by atoms with Gasteiger partial charge in [0.2, 0.25) is 0 Å². The van der Waals surface area contributed by atoms with Gasteiger partial charge in [-0.15, -0.1) is 0 Å². The number of hydrogen-bond acceptors (Lipinski definition) is 3. The molecule has 1 fully saturated rings. The van der Waals surface area contributed by atoms with Crippen LogP contribution < -0.4 is 5.32 Å². The minimum atomic E-state index is -1.09. The molecule has 1 aliphatic carbocycles. The number of carbonyl (C=O) groups excluding carboxylic acids is 1. The summed E-state index contributed by atoms with van der Waals surface area (Å²) >= 11 is 5.92. The number of carbonyl (C=O) groups is 2. The zero-order valence-corrected chi connectivity index (χ0v) is 14.0. The van der Waals surface area contributed by atoms with Gasteiger partial charge in [-0.1, -0.05) is 30.7 Å². The third-order valence-corrected chi connectivity index (χ3v) is 4.45. The first-order valence-electron chi connectivity index (χ1n) is 7.92. The number of aryl methyl sites for hydroxylation is 1. The molecule has 1 amide bonds. The van der Waals surface area contributed by atoms with Crippen molar-refractivity contribution < 1.29 is 19.1 Å². The van der Waals surface area contributed by atoms with Crippen LogP contribution in [-0.4, -0.2) is 17.0 Å². The quantitative estimate of drug-likeness (QED) is 0.825. The fourth-order valence-electron chi connectivity index (χ4n) is 2.77. The highest BCUT2D eigenvalue weighted by Crippen LogP contribution is 2.41. The molecule has 1 aliphatic rings. The molecule has 0 bridgehead atoms. The number of hydrogen-bond donors (Lipinski definition) is 2. The molecular weight excluding hydrogens is 330 g/mol. The molecule has 0 spiro atoms. The van der Waals surface area contributed by atoms with E-state index in [0.29, 0.717) is 23.1 Å². The molecule has 24 heavy (non-hydrogen) atoms. The second-order valence-electron chi connectivity index (χ2n) is 5.95. The second-order valence-corrected chi connectivity index (χ2v) is 6.38. The molecule has 3 rings (SSSR count). The Bertz CT molecular complexity index is 762. The van der Waals surface area contributed by atoms with Crippen LogP contribution in [0.15, 0.2) is 34.7 Å². The van der Waals surface area contributed by atoms with Crippen LogP contribution in [0.25, 0.3) is 0 Å². The molecule has 0 radical (unpaired) electrons. The molecule has 2 aromatic rings. The van der Waals surface area contributed by atoms with Crippen LogP contribution in [0.5, 0.6) is 0 Å². The Morgan fingerprint density at radius 2 is 2.00 bits per heavy atom. The molecular formula is C18H18ClNO4. The average molecular weight is 348 g/mol. The number of amides is 1. The zero-order chi connectivity index (χ0) is 17.3. The maximum atomic E-state index is 12.5. The Balaban J connectivity index is 1.81. The maximum Gasteiger partial charge on any atom is 0.339 e. The van der Waals surface area contributed by atoms with E-state index < -0.39 is 11.9 Å².